The summed E-state index contributed by atoms with van der Waals surface area (Å²) in [5, 5.41) is 6.43. The lowest BCUT2D eigenvalue weighted by molar-refractivity contribution is 0.669. The van der Waals surface area contributed by atoms with E-state index in [1.54, 1.807) is 0 Å². The van der Waals surface area contributed by atoms with Gasteiger partial charge in [0.1, 0.15) is 22.3 Å². The lowest BCUT2D eigenvalue weighted by Crippen LogP contribution is -2.00. The minimum atomic E-state index is 0.549. The average molecular weight is 883 g/mol. The van der Waals surface area contributed by atoms with Crippen LogP contribution in [0.3, 0.4) is 0 Å². The van der Waals surface area contributed by atoms with Gasteiger partial charge in [-0.05, 0) is 88.5 Å². The Kier molecular flexibility index (Phi) is 8.79. The van der Waals surface area contributed by atoms with Crippen molar-refractivity contribution >= 4 is 65.7 Å². The third-order valence-electron chi connectivity index (χ3n) is 13.5. The number of para-hydroxylation sites is 2. The highest BCUT2D eigenvalue weighted by atomic mass is 16.3. The molecule has 14 aromatic rings. The molecule has 0 atom stereocenters. The van der Waals surface area contributed by atoms with Gasteiger partial charge in [0.05, 0.1) is 11.0 Å². The van der Waals surface area contributed by atoms with Crippen LogP contribution in [0.4, 0.5) is 0 Å². The van der Waals surface area contributed by atoms with E-state index in [-0.39, 0.29) is 0 Å². The summed E-state index contributed by atoms with van der Waals surface area (Å²) >= 11 is 0. The Hall–Kier alpha value is -9.39. The molecule has 0 bridgehead atoms. The van der Waals surface area contributed by atoms with E-state index in [0.717, 1.165) is 99.5 Å². The van der Waals surface area contributed by atoms with E-state index in [2.05, 4.69) is 180 Å². The lowest BCUT2D eigenvalue weighted by atomic mass is 9.99. The summed E-state index contributed by atoms with van der Waals surface area (Å²) in [7, 11) is 0. The van der Waals surface area contributed by atoms with Gasteiger partial charge in [-0.25, -0.2) is 15.0 Å². The fourth-order valence-corrected chi connectivity index (χ4v) is 10.2. The molecule has 0 spiro atoms. The van der Waals surface area contributed by atoms with Gasteiger partial charge in [0.25, 0.3) is 0 Å². The third kappa shape index (κ3) is 6.45. The fourth-order valence-electron chi connectivity index (χ4n) is 10.2. The lowest BCUT2D eigenvalue weighted by Gasteiger charge is -2.10. The van der Waals surface area contributed by atoms with Crippen molar-refractivity contribution in [1.82, 2.24) is 19.5 Å². The molecule has 0 N–H and O–H groups in total. The SMILES string of the molecule is c1ccc(-c2ccc3c(c2)c2ccc(-c4ccc5oc6cccc(-c7nc(-c8ccccc8)nc(-c8ccc9c(c8)oc8c(-c%10ccccc%10)cccc89)n7)c6c5c4)cc2n3-c2ccccc2)cc1. The Bertz CT molecular complexity index is 4290. The van der Waals surface area contributed by atoms with E-state index in [0.29, 0.717) is 17.5 Å². The Morgan fingerprint density at radius 2 is 0.884 bits per heavy atom. The highest BCUT2D eigenvalue weighted by molar-refractivity contribution is 6.15. The highest BCUT2D eigenvalue weighted by Crippen LogP contribution is 2.42. The normalized spacial score (nSPS) is 11.8. The van der Waals surface area contributed by atoms with Gasteiger partial charge in [-0.1, -0.05) is 170 Å². The molecule has 322 valence electrons. The van der Waals surface area contributed by atoms with Crippen molar-refractivity contribution in [3.8, 4) is 73.2 Å². The minimum Gasteiger partial charge on any atom is -0.456 e. The van der Waals surface area contributed by atoms with Crippen molar-refractivity contribution < 1.29 is 8.83 Å². The summed E-state index contributed by atoms with van der Waals surface area (Å²) in [6.45, 7) is 0. The number of aromatic nitrogens is 4. The predicted molar refractivity (Wildman–Crippen MR) is 281 cm³/mol. The van der Waals surface area contributed by atoms with Crippen LogP contribution in [0.15, 0.2) is 239 Å². The molecule has 6 heteroatoms. The van der Waals surface area contributed by atoms with Crippen LogP contribution in [0, 0.1) is 0 Å². The van der Waals surface area contributed by atoms with Crippen molar-refractivity contribution in [2.24, 2.45) is 0 Å². The van der Waals surface area contributed by atoms with Crippen LogP contribution >= 0.6 is 0 Å². The number of benzene rings is 10. The van der Waals surface area contributed by atoms with Crippen molar-refractivity contribution in [2.75, 3.05) is 0 Å². The van der Waals surface area contributed by atoms with Crippen LogP contribution in [0.1, 0.15) is 0 Å². The monoisotopic (exact) mass is 882 g/mol. The largest absolute Gasteiger partial charge is 0.456 e. The second kappa shape index (κ2) is 15.6. The summed E-state index contributed by atoms with van der Waals surface area (Å²) in [6, 6.07) is 80.5. The second-order valence-electron chi connectivity index (χ2n) is 17.5. The zero-order chi connectivity index (χ0) is 45.4. The molecule has 0 amide bonds. The van der Waals surface area contributed by atoms with Crippen LogP contribution in [-0.4, -0.2) is 19.5 Å². The molecule has 0 fully saturated rings. The summed E-state index contributed by atoms with van der Waals surface area (Å²) < 4.78 is 15.7. The van der Waals surface area contributed by atoms with Gasteiger partial charge in [-0.3, -0.25) is 0 Å². The van der Waals surface area contributed by atoms with Crippen LogP contribution in [0.5, 0.6) is 0 Å². The first-order valence-corrected chi connectivity index (χ1v) is 23.2. The first-order valence-electron chi connectivity index (χ1n) is 23.2. The molecule has 0 unspecified atom stereocenters. The van der Waals surface area contributed by atoms with Crippen LogP contribution < -0.4 is 0 Å². The van der Waals surface area contributed by atoms with Crippen LogP contribution in [0.25, 0.3) is 139 Å². The maximum atomic E-state index is 6.68. The third-order valence-corrected chi connectivity index (χ3v) is 13.5. The van der Waals surface area contributed by atoms with Gasteiger partial charge in [-0.15, -0.1) is 0 Å². The van der Waals surface area contributed by atoms with E-state index in [4.69, 9.17) is 23.8 Å². The Labute approximate surface area is 396 Å². The van der Waals surface area contributed by atoms with Gasteiger partial charge in [0.2, 0.25) is 0 Å². The van der Waals surface area contributed by atoms with Gasteiger partial charge < -0.3 is 13.4 Å². The Balaban J connectivity index is 0.921. The molecule has 69 heavy (non-hydrogen) atoms. The molecule has 6 nitrogen and oxygen atoms in total. The van der Waals surface area contributed by atoms with Crippen molar-refractivity contribution in [3.63, 3.8) is 0 Å². The molecule has 0 radical (unpaired) electrons. The Morgan fingerprint density at radius 3 is 1.68 bits per heavy atom. The smallest absolute Gasteiger partial charge is 0.164 e. The molecule has 14 rings (SSSR count). The number of hydrogen-bond donors (Lipinski definition) is 0. The maximum Gasteiger partial charge on any atom is 0.164 e. The highest BCUT2D eigenvalue weighted by Gasteiger charge is 2.21. The molecular weight excluding hydrogens is 845 g/mol. The van der Waals surface area contributed by atoms with E-state index in [1.165, 1.54) is 21.9 Å². The van der Waals surface area contributed by atoms with Crippen LogP contribution in [0.2, 0.25) is 0 Å². The topological polar surface area (TPSA) is 69.9 Å². The number of furan rings is 2. The van der Waals surface area contributed by atoms with Crippen molar-refractivity contribution in [1.29, 1.82) is 0 Å². The molecular formula is C63H38N4O2. The fraction of sp³-hybridized carbons (Fsp3) is 0. The zero-order valence-corrected chi connectivity index (χ0v) is 37.0. The van der Waals surface area contributed by atoms with E-state index in [1.807, 2.05) is 54.6 Å². The molecule has 10 aromatic carbocycles. The molecule has 4 heterocycles. The van der Waals surface area contributed by atoms with E-state index in [9.17, 15) is 0 Å². The summed E-state index contributed by atoms with van der Waals surface area (Å²) in [5.41, 5.74) is 15.9. The first kappa shape index (κ1) is 38.8. The molecule has 0 saturated heterocycles. The van der Waals surface area contributed by atoms with Crippen molar-refractivity contribution in [3.05, 3.63) is 231 Å². The van der Waals surface area contributed by atoms with E-state index < -0.39 is 0 Å². The van der Waals surface area contributed by atoms with Crippen molar-refractivity contribution in [2.45, 2.75) is 0 Å². The predicted octanol–water partition coefficient (Wildman–Crippen LogP) is 16.8. The number of fused-ring (bicyclic) bond motifs is 9. The molecule has 0 aliphatic heterocycles. The number of rotatable bonds is 7. The summed E-state index contributed by atoms with van der Waals surface area (Å²) in [5.74, 6) is 1.68. The molecule has 4 aromatic heterocycles. The van der Waals surface area contributed by atoms with Gasteiger partial charge >= 0.3 is 0 Å². The van der Waals surface area contributed by atoms with Gasteiger partial charge in [0, 0.05) is 60.3 Å². The van der Waals surface area contributed by atoms with Gasteiger partial charge in [0.15, 0.2) is 17.5 Å². The Morgan fingerprint density at radius 1 is 0.290 bits per heavy atom. The second-order valence-corrected chi connectivity index (χ2v) is 17.5. The molecule has 0 aliphatic rings. The zero-order valence-electron chi connectivity index (χ0n) is 37.0. The first-order chi connectivity index (χ1) is 34.2. The quantitative estimate of drug-likeness (QED) is 0.159. The summed E-state index contributed by atoms with van der Waals surface area (Å²) in [6.07, 6.45) is 0. The van der Waals surface area contributed by atoms with Crippen LogP contribution in [-0.2, 0) is 0 Å². The molecule has 0 aliphatic carbocycles. The number of nitrogens with zero attached hydrogens (tertiary/aromatic N) is 4. The summed E-state index contributed by atoms with van der Waals surface area (Å²) in [4.78, 5) is 15.5. The minimum absolute atomic E-state index is 0.549. The molecule has 0 saturated carbocycles. The standard InChI is InChI=1S/C63H38N4O2/c1-5-15-39(16-6-1)42-29-33-54-52(35-42)48-31-27-44(37-55(48)67(54)46-21-11-4-12-22-46)43-30-34-56-53(36-43)59-51(25-14-26-57(59)68-56)63-65-61(41-19-9-3-10-20-41)64-62(66-63)45-28-32-49-50-24-13-23-47(40-17-7-2-8-18-40)60(50)69-58(49)38-45/h1-38H. The van der Waals surface area contributed by atoms with E-state index >= 15 is 0 Å². The van der Waals surface area contributed by atoms with Gasteiger partial charge in [-0.2, -0.15) is 0 Å². The average Bonchev–Trinajstić information content (AvgIpc) is 4.10. The number of hydrogen-bond acceptors (Lipinski definition) is 5. The maximum absolute atomic E-state index is 6.68.